The first-order chi connectivity index (χ1) is 13.1. The van der Waals surface area contributed by atoms with E-state index in [4.69, 9.17) is 0 Å². The Morgan fingerprint density at radius 3 is 2.48 bits per heavy atom. The number of nitrogens with zero attached hydrogens (tertiary/aromatic N) is 2. The molecule has 0 saturated heterocycles. The summed E-state index contributed by atoms with van der Waals surface area (Å²) in [5, 5.41) is 0. The van der Waals surface area contributed by atoms with E-state index >= 15 is 0 Å². The van der Waals surface area contributed by atoms with Crippen molar-refractivity contribution in [3.63, 3.8) is 0 Å². The van der Waals surface area contributed by atoms with Crippen molar-refractivity contribution in [2.45, 2.75) is 45.6 Å². The average Bonchev–Trinajstić information content (AvgIpc) is 3.00. The van der Waals surface area contributed by atoms with E-state index < -0.39 is 0 Å². The molecule has 27 heavy (non-hydrogen) atoms. The van der Waals surface area contributed by atoms with Crippen LogP contribution in [0.4, 0.5) is 5.69 Å². The first kappa shape index (κ1) is 19.2. The fraction of sp³-hybridized carbons (Fsp3) is 0.391. The van der Waals surface area contributed by atoms with Crippen LogP contribution in [0.5, 0.6) is 0 Å². The summed E-state index contributed by atoms with van der Waals surface area (Å²) in [5.74, 6) is 0.132. The fourth-order valence-electron chi connectivity index (χ4n) is 3.84. The van der Waals surface area contributed by atoms with E-state index in [9.17, 15) is 9.59 Å². The van der Waals surface area contributed by atoms with E-state index in [0.29, 0.717) is 19.5 Å². The van der Waals surface area contributed by atoms with Crippen molar-refractivity contribution in [2.24, 2.45) is 0 Å². The van der Waals surface area contributed by atoms with Crippen LogP contribution in [0.15, 0.2) is 54.6 Å². The minimum absolute atomic E-state index is 0.0331. The number of benzene rings is 2. The van der Waals surface area contributed by atoms with Gasteiger partial charge in [-0.05, 0) is 43.4 Å². The molecule has 0 bridgehead atoms. The van der Waals surface area contributed by atoms with Crippen molar-refractivity contribution in [3.8, 4) is 0 Å². The molecular formula is C23H28N2O2. The molecule has 1 aliphatic rings. The fourth-order valence-corrected chi connectivity index (χ4v) is 3.84. The van der Waals surface area contributed by atoms with Crippen LogP contribution in [0, 0.1) is 0 Å². The summed E-state index contributed by atoms with van der Waals surface area (Å²) in [7, 11) is 0. The standard InChI is InChI=1S/C23H28N2O2/c1-18-17-21-12-6-7-13-22(21)25(18)23(27)14-16-24(19(2)26)15-8-11-20-9-4-3-5-10-20/h3-7,9-10,12-13,18H,8,11,14-17H2,1-2H3. The van der Waals surface area contributed by atoms with Gasteiger partial charge in [0.2, 0.25) is 11.8 Å². The molecule has 142 valence electrons. The van der Waals surface area contributed by atoms with E-state index in [1.807, 2.05) is 41.3 Å². The molecule has 2 aromatic carbocycles. The highest BCUT2D eigenvalue weighted by atomic mass is 16.2. The monoisotopic (exact) mass is 364 g/mol. The quantitative estimate of drug-likeness (QED) is 0.749. The summed E-state index contributed by atoms with van der Waals surface area (Å²) < 4.78 is 0. The topological polar surface area (TPSA) is 40.6 Å². The van der Waals surface area contributed by atoms with Crippen LogP contribution in [0.3, 0.4) is 0 Å². The van der Waals surface area contributed by atoms with E-state index in [1.54, 1.807) is 11.8 Å². The van der Waals surface area contributed by atoms with Crippen molar-refractivity contribution in [2.75, 3.05) is 18.0 Å². The van der Waals surface area contributed by atoms with Crippen LogP contribution in [0.25, 0.3) is 0 Å². The van der Waals surface area contributed by atoms with Crippen molar-refractivity contribution in [1.29, 1.82) is 0 Å². The second-order valence-electron chi connectivity index (χ2n) is 7.29. The van der Waals surface area contributed by atoms with Gasteiger partial charge in [0.1, 0.15) is 0 Å². The highest BCUT2D eigenvalue weighted by molar-refractivity contribution is 5.96. The normalized spacial score (nSPS) is 15.5. The smallest absolute Gasteiger partial charge is 0.229 e. The third-order valence-corrected chi connectivity index (χ3v) is 5.25. The zero-order chi connectivity index (χ0) is 19.2. The van der Waals surface area contributed by atoms with Crippen LogP contribution in [-0.2, 0) is 22.4 Å². The van der Waals surface area contributed by atoms with Gasteiger partial charge in [0, 0.05) is 38.2 Å². The van der Waals surface area contributed by atoms with Gasteiger partial charge in [0.15, 0.2) is 0 Å². The van der Waals surface area contributed by atoms with Crippen LogP contribution in [0.2, 0.25) is 0 Å². The Labute approximate surface area is 161 Å². The molecule has 0 fully saturated rings. The Balaban J connectivity index is 1.53. The molecule has 2 aromatic rings. The maximum Gasteiger partial charge on any atom is 0.229 e. The molecule has 1 aliphatic heterocycles. The second kappa shape index (κ2) is 8.85. The number of hydrogen-bond donors (Lipinski definition) is 0. The number of hydrogen-bond acceptors (Lipinski definition) is 2. The molecule has 1 atom stereocenters. The second-order valence-corrected chi connectivity index (χ2v) is 7.29. The van der Waals surface area contributed by atoms with Gasteiger partial charge in [0.25, 0.3) is 0 Å². The Morgan fingerprint density at radius 2 is 1.74 bits per heavy atom. The van der Waals surface area contributed by atoms with Gasteiger partial charge in [0.05, 0.1) is 0 Å². The maximum atomic E-state index is 12.8. The summed E-state index contributed by atoms with van der Waals surface area (Å²) in [5.41, 5.74) is 3.53. The van der Waals surface area contributed by atoms with E-state index in [-0.39, 0.29) is 17.9 Å². The summed E-state index contributed by atoms with van der Waals surface area (Å²) >= 11 is 0. The van der Waals surface area contributed by atoms with Gasteiger partial charge in [-0.1, -0.05) is 48.5 Å². The number of aryl methyl sites for hydroxylation is 1. The number of fused-ring (bicyclic) bond motifs is 1. The number of carbonyl (C=O) groups excluding carboxylic acids is 2. The first-order valence-corrected chi connectivity index (χ1v) is 9.75. The Kier molecular flexibility index (Phi) is 6.28. The molecule has 1 heterocycles. The van der Waals surface area contributed by atoms with Gasteiger partial charge in [-0.25, -0.2) is 0 Å². The average molecular weight is 364 g/mol. The first-order valence-electron chi connectivity index (χ1n) is 9.75. The van der Waals surface area contributed by atoms with Crippen LogP contribution >= 0.6 is 0 Å². The lowest BCUT2D eigenvalue weighted by atomic mass is 10.1. The van der Waals surface area contributed by atoms with Crippen molar-refractivity contribution < 1.29 is 9.59 Å². The maximum absolute atomic E-state index is 12.8. The molecule has 4 nitrogen and oxygen atoms in total. The molecule has 1 unspecified atom stereocenters. The Bertz CT molecular complexity index is 788. The number of anilines is 1. The zero-order valence-electron chi connectivity index (χ0n) is 16.2. The lowest BCUT2D eigenvalue weighted by Crippen LogP contribution is -2.39. The molecule has 0 radical (unpaired) electrons. The van der Waals surface area contributed by atoms with Crippen LogP contribution in [0.1, 0.15) is 37.8 Å². The summed E-state index contributed by atoms with van der Waals surface area (Å²) in [6.45, 7) is 4.83. The molecular weight excluding hydrogens is 336 g/mol. The van der Waals surface area contributed by atoms with E-state index in [1.165, 1.54) is 11.1 Å². The third-order valence-electron chi connectivity index (χ3n) is 5.25. The Morgan fingerprint density at radius 1 is 1.04 bits per heavy atom. The predicted octanol–water partition coefficient (Wildman–Crippen LogP) is 3.84. The summed E-state index contributed by atoms with van der Waals surface area (Å²) in [4.78, 5) is 28.5. The highest BCUT2D eigenvalue weighted by Gasteiger charge is 2.30. The van der Waals surface area contributed by atoms with Gasteiger partial charge in [-0.3, -0.25) is 9.59 Å². The predicted molar refractivity (Wildman–Crippen MR) is 109 cm³/mol. The van der Waals surface area contributed by atoms with Crippen LogP contribution in [-0.4, -0.2) is 35.8 Å². The molecule has 0 saturated carbocycles. The summed E-state index contributed by atoms with van der Waals surface area (Å²) in [6.07, 6.45) is 3.11. The minimum Gasteiger partial charge on any atom is -0.342 e. The van der Waals surface area contributed by atoms with Crippen molar-refractivity contribution in [1.82, 2.24) is 4.90 Å². The van der Waals surface area contributed by atoms with Crippen molar-refractivity contribution >= 4 is 17.5 Å². The summed E-state index contributed by atoms with van der Waals surface area (Å²) in [6, 6.07) is 18.6. The molecule has 0 aromatic heterocycles. The number of rotatable bonds is 7. The van der Waals surface area contributed by atoms with Crippen LogP contribution < -0.4 is 4.90 Å². The highest BCUT2D eigenvalue weighted by Crippen LogP contribution is 2.32. The molecule has 3 rings (SSSR count). The number of carbonyl (C=O) groups is 2. The van der Waals surface area contributed by atoms with Gasteiger partial charge >= 0.3 is 0 Å². The molecule has 2 amide bonds. The lowest BCUT2D eigenvalue weighted by Gasteiger charge is -2.25. The van der Waals surface area contributed by atoms with Gasteiger partial charge in [-0.15, -0.1) is 0 Å². The van der Waals surface area contributed by atoms with Gasteiger partial charge < -0.3 is 9.80 Å². The van der Waals surface area contributed by atoms with E-state index in [0.717, 1.165) is 24.9 Å². The minimum atomic E-state index is 0.0331. The van der Waals surface area contributed by atoms with Crippen molar-refractivity contribution in [3.05, 3.63) is 65.7 Å². The zero-order valence-corrected chi connectivity index (χ0v) is 16.2. The largest absolute Gasteiger partial charge is 0.342 e. The molecule has 0 aliphatic carbocycles. The molecule has 0 spiro atoms. The Hall–Kier alpha value is -2.62. The number of para-hydroxylation sites is 1. The third kappa shape index (κ3) is 4.76. The number of amides is 2. The molecule has 0 N–H and O–H groups in total. The SMILES string of the molecule is CC(=O)N(CCCc1ccccc1)CCC(=O)N1c2ccccc2CC1C. The van der Waals surface area contributed by atoms with Gasteiger partial charge in [-0.2, -0.15) is 0 Å². The molecule has 4 heteroatoms. The lowest BCUT2D eigenvalue weighted by molar-refractivity contribution is -0.129. The van der Waals surface area contributed by atoms with E-state index in [2.05, 4.69) is 25.1 Å².